The van der Waals surface area contributed by atoms with Crippen LogP contribution in [0, 0.1) is 0 Å². The number of rotatable bonds is 5. The molecule has 0 aliphatic carbocycles. The average Bonchev–Trinajstić information content (AvgIpc) is 2.54. The van der Waals surface area contributed by atoms with Gasteiger partial charge in [-0.3, -0.25) is 0 Å². The molecule has 6 nitrogen and oxygen atoms in total. The molecule has 1 heterocycles. The number of ether oxygens (including phenoxy) is 2. The van der Waals surface area contributed by atoms with Crippen molar-refractivity contribution in [3.8, 4) is 5.75 Å². The molecule has 0 aromatic heterocycles. The Kier molecular flexibility index (Phi) is 5.21. The van der Waals surface area contributed by atoms with Crippen LogP contribution in [0.15, 0.2) is 23.1 Å². The molecule has 1 saturated heterocycles. The van der Waals surface area contributed by atoms with E-state index >= 15 is 0 Å². The van der Waals surface area contributed by atoms with Gasteiger partial charge in [0.05, 0.1) is 13.2 Å². The number of nitrogens with zero attached hydrogens (tertiary/aromatic N) is 1. The molecule has 0 saturated carbocycles. The van der Waals surface area contributed by atoms with Gasteiger partial charge in [0.2, 0.25) is 10.0 Å². The molecule has 0 radical (unpaired) electrons. The van der Waals surface area contributed by atoms with Gasteiger partial charge in [0, 0.05) is 26.7 Å². The van der Waals surface area contributed by atoms with Crippen molar-refractivity contribution in [2.45, 2.75) is 30.4 Å². The summed E-state index contributed by atoms with van der Waals surface area (Å²) in [4.78, 5) is 0.184. The summed E-state index contributed by atoms with van der Waals surface area (Å²) in [7, 11) is -0.451. The molecule has 0 spiro atoms. The smallest absolute Gasteiger partial charge is 0.246 e. The summed E-state index contributed by atoms with van der Waals surface area (Å²) >= 11 is 0. The van der Waals surface area contributed by atoms with E-state index in [1.807, 2.05) is 0 Å². The number of nitrogens with two attached hydrogens (primary N) is 1. The first kappa shape index (κ1) is 16.2. The minimum absolute atomic E-state index is 0.133. The fourth-order valence-electron chi connectivity index (χ4n) is 2.50. The first-order valence-corrected chi connectivity index (χ1v) is 8.37. The SMILES string of the molecule is COc1ccc(CN)cc1S(=O)(=O)N1CCC(OC)CC1. The van der Waals surface area contributed by atoms with Crippen molar-refractivity contribution in [3.63, 3.8) is 0 Å². The average molecular weight is 314 g/mol. The van der Waals surface area contributed by atoms with Crippen LogP contribution in [0.4, 0.5) is 0 Å². The first-order chi connectivity index (χ1) is 10.0. The second-order valence-electron chi connectivity index (χ2n) is 5.03. The van der Waals surface area contributed by atoms with Gasteiger partial charge in [-0.15, -0.1) is 0 Å². The van der Waals surface area contributed by atoms with E-state index in [0.717, 1.165) is 5.56 Å². The number of benzene rings is 1. The summed E-state index contributed by atoms with van der Waals surface area (Å²) in [6.07, 6.45) is 1.54. The Labute approximate surface area is 125 Å². The number of piperidine rings is 1. The van der Waals surface area contributed by atoms with Crippen LogP contribution in [0.5, 0.6) is 5.75 Å². The summed E-state index contributed by atoms with van der Waals surface area (Å²) in [5, 5.41) is 0. The molecule has 2 N–H and O–H groups in total. The van der Waals surface area contributed by atoms with Crippen molar-refractivity contribution in [1.29, 1.82) is 0 Å². The Balaban J connectivity index is 2.31. The van der Waals surface area contributed by atoms with Crippen LogP contribution in [-0.2, 0) is 21.3 Å². The van der Waals surface area contributed by atoms with Crippen LogP contribution in [-0.4, -0.2) is 46.1 Å². The molecule has 1 aromatic carbocycles. The maximum Gasteiger partial charge on any atom is 0.246 e. The van der Waals surface area contributed by atoms with Gasteiger partial charge in [-0.05, 0) is 30.5 Å². The molecule has 0 bridgehead atoms. The van der Waals surface area contributed by atoms with Crippen LogP contribution in [0.1, 0.15) is 18.4 Å². The fraction of sp³-hybridized carbons (Fsp3) is 0.571. The van der Waals surface area contributed by atoms with Crippen molar-refractivity contribution in [1.82, 2.24) is 4.31 Å². The maximum absolute atomic E-state index is 12.8. The quantitative estimate of drug-likeness (QED) is 0.875. The van der Waals surface area contributed by atoms with Crippen LogP contribution in [0.3, 0.4) is 0 Å². The topological polar surface area (TPSA) is 81.9 Å². The van der Waals surface area contributed by atoms with Crippen molar-refractivity contribution < 1.29 is 17.9 Å². The number of sulfonamides is 1. The largest absolute Gasteiger partial charge is 0.495 e. The summed E-state index contributed by atoms with van der Waals surface area (Å²) in [6, 6.07) is 5.02. The monoisotopic (exact) mass is 314 g/mol. The van der Waals surface area contributed by atoms with Crippen molar-refractivity contribution in [2.75, 3.05) is 27.3 Å². The highest BCUT2D eigenvalue weighted by Crippen LogP contribution is 2.29. The molecular formula is C14H22N2O4S. The highest BCUT2D eigenvalue weighted by molar-refractivity contribution is 7.89. The highest BCUT2D eigenvalue weighted by Gasteiger charge is 2.31. The van der Waals surface area contributed by atoms with E-state index < -0.39 is 10.0 Å². The Morgan fingerprint density at radius 2 is 1.95 bits per heavy atom. The molecule has 1 fully saturated rings. The van der Waals surface area contributed by atoms with E-state index in [4.69, 9.17) is 15.2 Å². The van der Waals surface area contributed by atoms with Crippen molar-refractivity contribution in [3.05, 3.63) is 23.8 Å². The van der Waals surface area contributed by atoms with Gasteiger partial charge in [-0.1, -0.05) is 6.07 Å². The zero-order chi connectivity index (χ0) is 15.5. The summed E-state index contributed by atoms with van der Waals surface area (Å²) in [6.45, 7) is 1.20. The Morgan fingerprint density at radius 3 is 2.48 bits per heavy atom. The molecule has 118 valence electrons. The third-order valence-electron chi connectivity index (χ3n) is 3.82. The van der Waals surface area contributed by atoms with E-state index in [9.17, 15) is 8.42 Å². The minimum Gasteiger partial charge on any atom is -0.495 e. The predicted octanol–water partition coefficient (Wildman–Crippen LogP) is 0.953. The third kappa shape index (κ3) is 3.37. The molecule has 1 aromatic rings. The van der Waals surface area contributed by atoms with E-state index in [-0.39, 0.29) is 17.5 Å². The highest BCUT2D eigenvalue weighted by atomic mass is 32.2. The maximum atomic E-state index is 12.8. The van der Waals surface area contributed by atoms with Gasteiger partial charge in [-0.25, -0.2) is 8.42 Å². The predicted molar refractivity (Wildman–Crippen MR) is 79.7 cm³/mol. The van der Waals surface area contributed by atoms with Gasteiger partial charge in [0.15, 0.2) is 0 Å². The lowest BCUT2D eigenvalue weighted by atomic mass is 10.1. The minimum atomic E-state index is -3.57. The van der Waals surface area contributed by atoms with Gasteiger partial charge in [-0.2, -0.15) is 4.31 Å². The summed E-state index contributed by atoms with van der Waals surface area (Å²) in [5.41, 5.74) is 6.37. The first-order valence-electron chi connectivity index (χ1n) is 6.93. The molecule has 1 aliphatic rings. The second kappa shape index (κ2) is 6.74. The van der Waals surface area contributed by atoms with E-state index in [2.05, 4.69) is 0 Å². The molecule has 0 unspecified atom stereocenters. The van der Waals surface area contributed by atoms with Crippen molar-refractivity contribution >= 4 is 10.0 Å². The molecule has 2 rings (SSSR count). The van der Waals surface area contributed by atoms with Gasteiger partial charge in [0.25, 0.3) is 0 Å². The normalized spacial score (nSPS) is 17.9. The van der Waals surface area contributed by atoms with E-state index in [0.29, 0.717) is 31.7 Å². The van der Waals surface area contributed by atoms with Gasteiger partial charge >= 0.3 is 0 Å². The molecule has 1 aliphatic heterocycles. The zero-order valence-electron chi connectivity index (χ0n) is 12.4. The standard InChI is InChI=1S/C14H22N2O4S/c1-19-12-5-7-16(8-6-12)21(17,18)14-9-11(10-15)3-4-13(14)20-2/h3-4,9,12H,5-8,10,15H2,1-2H3. The summed E-state index contributed by atoms with van der Waals surface area (Å²) in [5.74, 6) is 0.348. The summed E-state index contributed by atoms with van der Waals surface area (Å²) < 4.78 is 37.5. The van der Waals surface area contributed by atoms with Gasteiger partial charge < -0.3 is 15.2 Å². The van der Waals surface area contributed by atoms with Crippen LogP contribution < -0.4 is 10.5 Å². The zero-order valence-corrected chi connectivity index (χ0v) is 13.2. The van der Waals surface area contributed by atoms with E-state index in [1.54, 1.807) is 25.3 Å². The second-order valence-corrected chi connectivity index (χ2v) is 6.93. The molecule has 21 heavy (non-hydrogen) atoms. The Morgan fingerprint density at radius 1 is 1.29 bits per heavy atom. The number of methoxy groups -OCH3 is 2. The third-order valence-corrected chi connectivity index (χ3v) is 5.74. The molecule has 7 heteroatoms. The van der Waals surface area contributed by atoms with E-state index in [1.165, 1.54) is 11.4 Å². The fourth-order valence-corrected chi connectivity index (χ4v) is 4.17. The number of hydrogen-bond acceptors (Lipinski definition) is 5. The molecule has 0 atom stereocenters. The number of hydrogen-bond donors (Lipinski definition) is 1. The lowest BCUT2D eigenvalue weighted by molar-refractivity contribution is 0.0604. The molecular weight excluding hydrogens is 292 g/mol. The lowest BCUT2D eigenvalue weighted by Crippen LogP contribution is -2.40. The Hall–Kier alpha value is -1.15. The molecule has 0 amide bonds. The van der Waals surface area contributed by atoms with Crippen LogP contribution in [0.25, 0.3) is 0 Å². The Bertz CT molecular complexity index is 581. The lowest BCUT2D eigenvalue weighted by Gasteiger charge is -2.30. The van der Waals surface area contributed by atoms with Crippen LogP contribution >= 0.6 is 0 Å². The van der Waals surface area contributed by atoms with Crippen molar-refractivity contribution in [2.24, 2.45) is 5.73 Å². The van der Waals surface area contributed by atoms with Crippen LogP contribution in [0.2, 0.25) is 0 Å². The van der Waals surface area contributed by atoms with Gasteiger partial charge in [0.1, 0.15) is 10.6 Å².